The lowest BCUT2D eigenvalue weighted by atomic mass is 10.3. The Morgan fingerprint density at radius 2 is 1.80 bits per heavy atom. The van der Waals surface area contributed by atoms with Gasteiger partial charge < -0.3 is 10.5 Å². The molecule has 0 radical (unpaired) electrons. The first-order valence-electron chi connectivity index (χ1n) is 6.14. The number of rotatable bonds is 5. The van der Waals surface area contributed by atoms with Crippen molar-refractivity contribution < 1.29 is 4.74 Å². The predicted molar refractivity (Wildman–Crippen MR) is 87.1 cm³/mol. The first-order chi connectivity index (χ1) is 9.74. The topological polar surface area (TPSA) is 47.6 Å². The number of thioether (sulfide) groups is 1. The van der Waals surface area contributed by atoms with Crippen LogP contribution in [0.25, 0.3) is 0 Å². The number of hydrogen-bond donors (Lipinski definition) is 1. The largest absolute Gasteiger partial charge is 0.493 e. The van der Waals surface area contributed by atoms with E-state index in [-0.39, 0.29) is 0 Å². The molecule has 3 nitrogen and oxygen atoms in total. The molecule has 0 unspecified atom stereocenters. The molecule has 2 aromatic rings. The van der Waals surface area contributed by atoms with Crippen molar-refractivity contribution in [3.05, 3.63) is 59.6 Å². The van der Waals surface area contributed by atoms with Gasteiger partial charge in [0.15, 0.2) is 5.17 Å². The average Bonchev–Trinajstić information content (AvgIpc) is 2.46. The molecule has 0 aliphatic heterocycles. The number of hydrogen-bond acceptors (Lipinski definition) is 3. The standard InChI is InChI=1S/C15H15ClN2OS/c16-12-6-8-14(9-7-12)19-10-11-20-15(17)18-13-4-2-1-3-5-13/h1-9H,10-11H2,(H2,17,18). The first-order valence-corrected chi connectivity index (χ1v) is 7.51. The molecule has 20 heavy (non-hydrogen) atoms. The molecule has 0 heterocycles. The Bertz CT molecular complexity index is 558. The molecule has 0 aromatic heterocycles. The fraction of sp³-hybridized carbons (Fsp3) is 0.133. The van der Waals surface area contributed by atoms with Crippen LogP contribution in [0.2, 0.25) is 5.02 Å². The van der Waals surface area contributed by atoms with Gasteiger partial charge in [0, 0.05) is 10.8 Å². The van der Waals surface area contributed by atoms with Crippen LogP contribution in [-0.2, 0) is 0 Å². The summed E-state index contributed by atoms with van der Waals surface area (Å²) in [5, 5.41) is 1.24. The minimum atomic E-state index is 0.538. The lowest BCUT2D eigenvalue weighted by Crippen LogP contribution is -2.10. The smallest absolute Gasteiger partial charge is 0.159 e. The van der Waals surface area contributed by atoms with Gasteiger partial charge in [0.2, 0.25) is 0 Å². The summed E-state index contributed by atoms with van der Waals surface area (Å²) in [5.74, 6) is 1.54. The lowest BCUT2D eigenvalue weighted by molar-refractivity contribution is 0.344. The van der Waals surface area contributed by atoms with Gasteiger partial charge in [-0.25, -0.2) is 4.99 Å². The van der Waals surface area contributed by atoms with Gasteiger partial charge >= 0.3 is 0 Å². The van der Waals surface area contributed by atoms with Gasteiger partial charge in [0.1, 0.15) is 5.75 Å². The van der Waals surface area contributed by atoms with Gasteiger partial charge in [0.05, 0.1) is 12.3 Å². The van der Waals surface area contributed by atoms with Crippen molar-refractivity contribution in [3.63, 3.8) is 0 Å². The van der Waals surface area contributed by atoms with Crippen molar-refractivity contribution >= 4 is 34.2 Å². The molecule has 2 aromatic carbocycles. The Labute approximate surface area is 127 Å². The first kappa shape index (κ1) is 14.8. The Morgan fingerprint density at radius 1 is 1.10 bits per heavy atom. The van der Waals surface area contributed by atoms with Crippen molar-refractivity contribution in [1.82, 2.24) is 0 Å². The molecule has 5 heteroatoms. The predicted octanol–water partition coefficient (Wildman–Crippen LogP) is 4.10. The number of amidine groups is 1. The van der Waals surface area contributed by atoms with E-state index < -0.39 is 0 Å². The number of nitrogens with two attached hydrogens (primary N) is 1. The summed E-state index contributed by atoms with van der Waals surface area (Å²) in [6.45, 7) is 0.567. The molecule has 2 N–H and O–H groups in total. The summed E-state index contributed by atoms with van der Waals surface area (Å²) in [7, 11) is 0. The summed E-state index contributed by atoms with van der Waals surface area (Å²) in [6.07, 6.45) is 0. The van der Waals surface area contributed by atoms with Crippen molar-refractivity contribution in [2.24, 2.45) is 10.7 Å². The highest BCUT2D eigenvalue weighted by atomic mass is 35.5. The third-order valence-electron chi connectivity index (χ3n) is 2.41. The van der Waals surface area contributed by atoms with Crippen LogP contribution in [-0.4, -0.2) is 17.5 Å². The maximum Gasteiger partial charge on any atom is 0.159 e. The van der Waals surface area contributed by atoms with Crippen LogP contribution in [0.4, 0.5) is 5.69 Å². The van der Waals surface area contributed by atoms with Crippen LogP contribution in [0.5, 0.6) is 5.75 Å². The van der Waals surface area contributed by atoms with Crippen LogP contribution >= 0.6 is 23.4 Å². The molecule has 0 fully saturated rings. The van der Waals surface area contributed by atoms with Gasteiger partial charge in [-0.2, -0.15) is 0 Å². The fourth-order valence-electron chi connectivity index (χ4n) is 1.50. The number of para-hydroxylation sites is 1. The minimum absolute atomic E-state index is 0.538. The Morgan fingerprint density at radius 3 is 2.50 bits per heavy atom. The van der Waals surface area contributed by atoms with E-state index in [0.717, 1.165) is 17.2 Å². The highest BCUT2D eigenvalue weighted by Crippen LogP contribution is 2.16. The maximum absolute atomic E-state index is 5.85. The number of nitrogens with zero attached hydrogens (tertiary/aromatic N) is 1. The monoisotopic (exact) mass is 306 g/mol. The van der Waals surface area contributed by atoms with Crippen molar-refractivity contribution in [1.29, 1.82) is 0 Å². The number of halogens is 1. The zero-order chi connectivity index (χ0) is 14.2. The van der Waals surface area contributed by atoms with Crippen LogP contribution < -0.4 is 10.5 Å². The molecular formula is C15H15ClN2OS. The van der Waals surface area contributed by atoms with Crippen LogP contribution in [0.1, 0.15) is 0 Å². The number of ether oxygens (including phenoxy) is 1. The molecule has 2 rings (SSSR count). The summed E-state index contributed by atoms with van der Waals surface area (Å²) in [6, 6.07) is 16.9. The van der Waals surface area contributed by atoms with E-state index in [2.05, 4.69) is 4.99 Å². The second-order valence-corrected chi connectivity index (χ2v) is 5.49. The third kappa shape index (κ3) is 5.15. The zero-order valence-corrected chi connectivity index (χ0v) is 12.4. The van der Waals surface area contributed by atoms with Crippen LogP contribution in [0.15, 0.2) is 59.6 Å². The van der Waals surface area contributed by atoms with Crippen LogP contribution in [0, 0.1) is 0 Å². The maximum atomic E-state index is 5.85. The molecule has 0 bridgehead atoms. The fourth-order valence-corrected chi connectivity index (χ4v) is 2.17. The van der Waals surface area contributed by atoms with Crippen molar-refractivity contribution in [3.8, 4) is 5.75 Å². The Balaban J connectivity index is 1.73. The van der Waals surface area contributed by atoms with E-state index in [1.54, 1.807) is 12.1 Å². The summed E-state index contributed by atoms with van der Waals surface area (Å²) >= 11 is 7.27. The van der Waals surface area contributed by atoms with E-state index in [1.165, 1.54) is 11.8 Å². The molecule has 0 saturated heterocycles. The molecule has 0 atom stereocenters. The summed E-state index contributed by atoms with van der Waals surface area (Å²) < 4.78 is 5.57. The Kier molecular flexibility index (Phi) is 5.77. The highest BCUT2D eigenvalue weighted by molar-refractivity contribution is 8.13. The van der Waals surface area contributed by atoms with E-state index in [9.17, 15) is 0 Å². The van der Waals surface area contributed by atoms with E-state index in [4.69, 9.17) is 22.1 Å². The van der Waals surface area contributed by atoms with Gasteiger partial charge in [-0.05, 0) is 36.4 Å². The molecule has 0 aliphatic carbocycles. The van der Waals surface area contributed by atoms with Gasteiger partial charge in [-0.15, -0.1) is 0 Å². The van der Waals surface area contributed by atoms with E-state index >= 15 is 0 Å². The summed E-state index contributed by atoms with van der Waals surface area (Å²) in [5.41, 5.74) is 6.70. The average molecular weight is 307 g/mol. The van der Waals surface area contributed by atoms with Gasteiger partial charge in [0.25, 0.3) is 0 Å². The Hall–Kier alpha value is -1.65. The highest BCUT2D eigenvalue weighted by Gasteiger charge is 1.97. The third-order valence-corrected chi connectivity index (χ3v) is 3.42. The molecule has 0 saturated carbocycles. The van der Waals surface area contributed by atoms with Crippen molar-refractivity contribution in [2.75, 3.05) is 12.4 Å². The molecule has 0 amide bonds. The number of benzene rings is 2. The molecule has 0 aliphatic rings. The van der Waals surface area contributed by atoms with Crippen molar-refractivity contribution in [2.45, 2.75) is 0 Å². The molecular weight excluding hydrogens is 292 g/mol. The second kappa shape index (κ2) is 7.82. The normalized spacial score (nSPS) is 11.3. The zero-order valence-electron chi connectivity index (χ0n) is 10.8. The minimum Gasteiger partial charge on any atom is -0.493 e. The van der Waals surface area contributed by atoms with E-state index in [1.807, 2.05) is 42.5 Å². The summed E-state index contributed by atoms with van der Waals surface area (Å²) in [4.78, 5) is 4.30. The van der Waals surface area contributed by atoms with Gasteiger partial charge in [-0.1, -0.05) is 41.6 Å². The SMILES string of the molecule is NC(=Nc1ccccc1)SCCOc1ccc(Cl)cc1. The van der Waals surface area contributed by atoms with Crippen LogP contribution in [0.3, 0.4) is 0 Å². The lowest BCUT2D eigenvalue weighted by Gasteiger charge is -2.05. The second-order valence-electron chi connectivity index (χ2n) is 3.94. The van der Waals surface area contributed by atoms with Gasteiger partial charge in [-0.3, -0.25) is 0 Å². The number of aliphatic imine (C=N–C) groups is 1. The molecule has 0 spiro atoms. The van der Waals surface area contributed by atoms with E-state index in [0.29, 0.717) is 16.8 Å². The molecule has 104 valence electrons. The quantitative estimate of drug-likeness (QED) is 0.514.